The third-order valence-electron chi connectivity index (χ3n) is 7.85. The van der Waals surface area contributed by atoms with Crippen molar-refractivity contribution in [2.24, 2.45) is 17.3 Å². The van der Waals surface area contributed by atoms with Crippen LogP contribution in [0.15, 0.2) is 16.6 Å². The number of cyclic esters (lactones) is 1. The van der Waals surface area contributed by atoms with E-state index in [-0.39, 0.29) is 29.8 Å². The number of fused-ring (bicyclic) bond motifs is 1. The maximum absolute atomic E-state index is 13.6. The summed E-state index contributed by atoms with van der Waals surface area (Å²) in [6, 6.07) is 0. The van der Waals surface area contributed by atoms with Crippen LogP contribution in [-0.2, 0) is 19.1 Å². The molecule has 2 saturated heterocycles. The predicted molar refractivity (Wildman–Crippen MR) is 141 cm³/mol. The highest BCUT2D eigenvalue weighted by atomic mass is 35.5. The number of carbonyl (C=O) groups excluding carboxylic acids is 2. The number of thiazole rings is 1. The smallest absolute Gasteiger partial charge is 0.309 e. The van der Waals surface area contributed by atoms with Crippen LogP contribution in [0.4, 0.5) is 0 Å². The first kappa shape index (κ1) is 29.2. The average Bonchev–Trinajstić information content (AvgIpc) is 3.18. The van der Waals surface area contributed by atoms with Crippen molar-refractivity contribution in [3.8, 4) is 0 Å². The number of ketones is 1. The fourth-order valence-corrected chi connectivity index (χ4v) is 5.99. The van der Waals surface area contributed by atoms with Gasteiger partial charge in [-0.05, 0) is 38.2 Å². The second kappa shape index (κ2) is 12.0. The van der Waals surface area contributed by atoms with Crippen molar-refractivity contribution in [3.63, 3.8) is 0 Å². The van der Waals surface area contributed by atoms with Crippen molar-refractivity contribution in [1.29, 1.82) is 0 Å². The number of rotatable bonds is 4. The molecule has 9 heteroatoms. The number of epoxide rings is 1. The number of hydrogen-bond acceptors (Lipinski definition) is 8. The van der Waals surface area contributed by atoms with E-state index in [2.05, 4.69) is 4.98 Å². The molecule has 2 unspecified atom stereocenters. The van der Waals surface area contributed by atoms with Crippen LogP contribution < -0.4 is 0 Å². The van der Waals surface area contributed by atoms with Gasteiger partial charge in [0, 0.05) is 23.9 Å². The minimum Gasteiger partial charge on any atom is -0.456 e. The van der Waals surface area contributed by atoms with Crippen molar-refractivity contribution < 1.29 is 29.3 Å². The molecule has 0 aliphatic carbocycles. The fraction of sp³-hybridized carbons (Fsp3) is 0.741. The first-order valence-electron chi connectivity index (χ1n) is 12.9. The number of Topliss-reactive ketones (excluding diaryl/α,β-unsaturated/α-hetero) is 1. The van der Waals surface area contributed by atoms with Crippen molar-refractivity contribution in [3.05, 3.63) is 21.6 Å². The van der Waals surface area contributed by atoms with E-state index in [4.69, 9.17) is 21.1 Å². The molecular weight excluding hydrogens is 502 g/mol. The zero-order valence-corrected chi connectivity index (χ0v) is 23.5. The van der Waals surface area contributed by atoms with Gasteiger partial charge >= 0.3 is 5.97 Å². The summed E-state index contributed by atoms with van der Waals surface area (Å²) in [6.07, 6.45) is 4.06. The molecule has 2 fully saturated rings. The van der Waals surface area contributed by atoms with E-state index in [1.807, 2.05) is 26.2 Å². The maximum Gasteiger partial charge on any atom is 0.309 e. The van der Waals surface area contributed by atoms with Crippen LogP contribution in [0, 0.1) is 17.3 Å². The molecule has 0 spiro atoms. The van der Waals surface area contributed by atoms with Gasteiger partial charge in [0.2, 0.25) is 0 Å². The standard InChI is InChI=1S/C27H40ClNO6S/c1-6-8-17-24(32)16(2)9-7-10-27(5)21(35-27)14-19(18(28)13-22-29-11-12-36-22)34-23(31)15-20(30)26(3,4)25(17)33/h11-13,16-17,19-21,24,30,32H,6-10,14-15H2,1-5H3/t16-,17+,19-,20-,21?,24-,27?/m0/s1. The van der Waals surface area contributed by atoms with Crippen molar-refractivity contribution in [2.45, 2.75) is 110 Å². The molecule has 0 radical (unpaired) electrons. The summed E-state index contributed by atoms with van der Waals surface area (Å²) in [5, 5.41) is 25.0. The maximum atomic E-state index is 13.6. The number of aliphatic hydroxyl groups is 2. The van der Waals surface area contributed by atoms with Crippen molar-refractivity contribution in [2.75, 3.05) is 0 Å². The van der Waals surface area contributed by atoms with E-state index in [1.165, 1.54) is 11.3 Å². The number of carbonyl (C=O) groups is 2. The monoisotopic (exact) mass is 541 g/mol. The zero-order chi connectivity index (χ0) is 26.7. The summed E-state index contributed by atoms with van der Waals surface area (Å²) < 4.78 is 11.8. The third-order valence-corrected chi connectivity index (χ3v) is 8.93. The van der Waals surface area contributed by atoms with E-state index in [0.29, 0.717) is 22.9 Å². The van der Waals surface area contributed by atoms with Gasteiger partial charge in [0.15, 0.2) is 0 Å². The van der Waals surface area contributed by atoms with Crippen LogP contribution in [0.2, 0.25) is 0 Å². The first-order valence-corrected chi connectivity index (χ1v) is 14.2. The normalized spacial score (nSPS) is 36.7. The number of ether oxygens (including phenoxy) is 2. The Hall–Kier alpha value is -1.32. The van der Waals surface area contributed by atoms with E-state index in [9.17, 15) is 19.8 Å². The SMILES string of the molecule is CCC[C@H]1C(=O)C(C)(C)[C@@H](O)CC(=O)O[C@H](C(Cl)=Cc2nccs2)CC2OC2(C)CCC[C@H](C)[C@@H]1O. The second-order valence-electron chi connectivity index (χ2n) is 11.1. The molecular formula is C27H40ClNO6S. The molecule has 7 nitrogen and oxygen atoms in total. The second-order valence-corrected chi connectivity index (χ2v) is 12.5. The number of aliphatic hydroxyl groups excluding tert-OH is 2. The molecule has 0 bridgehead atoms. The number of halogens is 1. The molecule has 2 aliphatic heterocycles. The van der Waals surface area contributed by atoms with Crippen LogP contribution in [0.5, 0.6) is 0 Å². The minimum absolute atomic E-state index is 0.0828. The van der Waals surface area contributed by atoms with Gasteiger partial charge in [0.05, 0.1) is 40.8 Å². The van der Waals surface area contributed by atoms with E-state index in [0.717, 1.165) is 25.7 Å². The molecule has 0 aromatic carbocycles. The highest BCUT2D eigenvalue weighted by Crippen LogP contribution is 2.45. The van der Waals surface area contributed by atoms with Gasteiger partial charge in [-0.25, -0.2) is 4.98 Å². The Bertz CT molecular complexity index is 935. The lowest BCUT2D eigenvalue weighted by molar-refractivity contribution is -0.154. The van der Waals surface area contributed by atoms with Crippen LogP contribution in [0.3, 0.4) is 0 Å². The topological polar surface area (TPSA) is 109 Å². The quantitative estimate of drug-likeness (QED) is 0.402. The number of esters is 1. The number of aromatic nitrogens is 1. The summed E-state index contributed by atoms with van der Waals surface area (Å²) in [5.74, 6) is -1.57. The summed E-state index contributed by atoms with van der Waals surface area (Å²) >= 11 is 8.02. The molecule has 2 aliphatic rings. The van der Waals surface area contributed by atoms with Crippen LogP contribution in [-0.4, -0.2) is 57.0 Å². The Kier molecular flexibility index (Phi) is 9.77. The molecule has 2 N–H and O–H groups in total. The predicted octanol–water partition coefficient (Wildman–Crippen LogP) is 5.13. The van der Waals surface area contributed by atoms with Gasteiger partial charge in [-0.3, -0.25) is 9.59 Å². The molecule has 0 saturated carbocycles. The first-order chi connectivity index (χ1) is 16.9. The van der Waals surface area contributed by atoms with Crippen LogP contribution in [0.1, 0.15) is 84.6 Å². The van der Waals surface area contributed by atoms with E-state index in [1.54, 1.807) is 26.1 Å². The van der Waals surface area contributed by atoms with Gasteiger partial charge in [0.1, 0.15) is 16.9 Å². The summed E-state index contributed by atoms with van der Waals surface area (Å²) in [5.41, 5.74) is -1.59. The Morgan fingerprint density at radius 3 is 2.67 bits per heavy atom. The number of nitrogens with zero attached hydrogens (tertiary/aromatic N) is 1. The fourth-order valence-electron chi connectivity index (χ4n) is 5.11. The molecule has 7 atom stereocenters. The molecule has 1 aromatic heterocycles. The third kappa shape index (κ3) is 6.95. The average molecular weight is 542 g/mol. The zero-order valence-electron chi connectivity index (χ0n) is 21.9. The summed E-state index contributed by atoms with van der Waals surface area (Å²) in [6.45, 7) is 9.24. The lowest BCUT2D eigenvalue weighted by Crippen LogP contribution is -2.46. The molecule has 202 valence electrons. The van der Waals surface area contributed by atoms with Gasteiger partial charge in [-0.15, -0.1) is 11.3 Å². The lowest BCUT2D eigenvalue weighted by atomic mass is 9.71. The molecule has 3 heterocycles. The van der Waals surface area contributed by atoms with Crippen LogP contribution in [0.25, 0.3) is 6.08 Å². The summed E-state index contributed by atoms with van der Waals surface area (Å²) in [7, 11) is 0. The van der Waals surface area contributed by atoms with Crippen molar-refractivity contribution in [1.82, 2.24) is 4.98 Å². The molecule has 0 amide bonds. The Morgan fingerprint density at radius 1 is 1.31 bits per heavy atom. The highest BCUT2D eigenvalue weighted by Gasteiger charge is 2.53. The largest absolute Gasteiger partial charge is 0.456 e. The highest BCUT2D eigenvalue weighted by molar-refractivity contribution is 7.10. The van der Waals surface area contributed by atoms with E-state index >= 15 is 0 Å². The molecule has 3 rings (SSSR count). The molecule has 36 heavy (non-hydrogen) atoms. The molecule has 1 aromatic rings. The van der Waals surface area contributed by atoms with Gasteiger partial charge in [-0.1, -0.05) is 52.1 Å². The summed E-state index contributed by atoms with van der Waals surface area (Å²) in [4.78, 5) is 30.7. The van der Waals surface area contributed by atoms with Crippen molar-refractivity contribution >= 4 is 40.8 Å². The van der Waals surface area contributed by atoms with Gasteiger partial charge in [-0.2, -0.15) is 0 Å². The lowest BCUT2D eigenvalue weighted by Gasteiger charge is -2.36. The Balaban J connectivity index is 1.87. The van der Waals surface area contributed by atoms with Gasteiger partial charge < -0.3 is 19.7 Å². The minimum atomic E-state index is -1.27. The van der Waals surface area contributed by atoms with Crippen LogP contribution >= 0.6 is 22.9 Å². The van der Waals surface area contributed by atoms with Gasteiger partial charge in [0.25, 0.3) is 0 Å². The van der Waals surface area contributed by atoms with E-state index < -0.39 is 35.6 Å². The Morgan fingerprint density at radius 2 is 2.03 bits per heavy atom. The Labute approximate surface area is 223 Å². The number of hydrogen-bond donors (Lipinski definition) is 2.